The van der Waals surface area contributed by atoms with Crippen LogP contribution >= 0.6 is 0 Å². The molecule has 3 heteroatoms. The SMILES string of the molecule is CN(Cc1ccccc1)Cc1cccn1-c1ccc(C#N)cc1. The van der Waals surface area contributed by atoms with E-state index in [0.717, 1.165) is 18.8 Å². The lowest BCUT2D eigenvalue weighted by Gasteiger charge is -2.18. The predicted octanol–water partition coefficient (Wildman–Crippen LogP) is 3.98. The van der Waals surface area contributed by atoms with E-state index in [1.54, 1.807) is 0 Å². The van der Waals surface area contributed by atoms with Gasteiger partial charge in [0.1, 0.15) is 0 Å². The summed E-state index contributed by atoms with van der Waals surface area (Å²) in [5.41, 5.74) is 4.31. The zero-order valence-electron chi connectivity index (χ0n) is 13.2. The molecule has 1 aromatic heterocycles. The van der Waals surface area contributed by atoms with Crippen molar-refractivity contribution in [1.29, 1.82) is 5.26 Å². The number of rotatable bonds is 5. The van der Waals surface area contributed by atoms with Gasteiger partial charge in [-0.3, -0.25) is 4.90 Å². The minimum absolute atomic E-state index is 0.684. The summed E-state index contributed by atoms with van der Waals surface area (Å²) in [4.78, 5) is 2.30. The van der Waals surface area contributed by atoms with Gasteiger partial charge in [0, 0.05) is 30.7 Å². The molecule has 0 bridgehead atoms. The molecule has 114 valence electrons. The molecule has 0 N–H and O–H groups in total. The molecule has 0 radical (unpaired) electrons. The molecule has 0 aliphatic carbocycles. The average molecular weight is 301 g/mol. The molecule has 0 fully saturated rings. The Bertz CT molecular complexity index is 795. The highest BCUT2D eigenvalue weighted by Gasteiger charge is 2.07. The Balaban J connectivity index is 1.74. The van der Waals surface area contributed by atoms with Crippen LogP contribution in [0.3, 0.4) is 0 Å². The van der Waals surface area contributed by atoms with Crippen molar-refractivity contribution in [2.24, 2.45) is 0 Å². The molecule has 0 aliphatic rings. The van der Waals surface area contributed by atoms with E-state index in [1.807, 2.05) is 30.3 Å². The molecule has 0 spiro atoms. The summed E-state index contributed by atoms with van der Waals surface area (Å²) < 4.78 is 2.17. The number of aromatic nitrogens is 1. The molecule has 0 unspecified atom stereocenters. The zero-order chi connectivity index (χ0) is 16.1. The van der Waals surface area contributed by atoms with Crippen LogP contribution in [0.4, 0.5) is 0 Å². The van der Waals surface area contributed by atoms with Crippen LogP contribution in [0.25, 0.3) is 5.69 Å². The molecule has 0 atom stereocenters. The van der Waals surface area contributed by atoms with Crippen LogP contribution in [0.2, 0.25) is 0 Å². The van der Waals surface area contributed by atoms with E-state index in [9.17, 15) is 0 Å². The zero-order valence-corrected chi connectivity index (χ0v) is 13.2. The fourth-order valence-corrected chi connectivity index (χ4v) is 2.72. The van der Waals surface area contributed by atoms with Crippen LogP contribution in [0.1, 0.15) is 16.8 Å². The van der Waals surface area contributed by atoms with Gasteiger partial charge >= 0.3 is 0 Å². The maximum absolute atomic E-state index is 8.91. The average Bonchev–Trinajstić information content (AvgIpc) is 3.03. The van der Waals surface area contributed by atoms with Gasteiger partial charge in [-0.05, 0) is 49.0 Å². The highest BCUT2D eigenvalue weighted by Crippen LogP contribution is 2.16. The minimum atomic E-state index is 0.684. The van der Waals surface area contributed by atoms with Crippen molar-refractivity contribution in [3.05, 3.63) is 89.7 Å². The van der Waals surface area contributed by atoms with E-state index >= 15 is 0 Å². The predicted molar refractivity (Wildman–Crippen MR) is 92.1 cm³/mol. The first-order chi connectivity index (χ1) is 11.3. The fraction of sp³-hybridized carbons (Fsp3) is 0.150. The van der Waals surface area contributed by atoms with Gasteiger partial charge in [-0.1, -0.05) is 30.3 Å². The van der Waals surface area contributed by atoms with Gasteiger partial charge in [-0.15, -0.1) is 0 Å². The smallest absolute Gasteiger partial charge is 0.0991 e. The second kappa shape index (κ2) is 6.95. The Kier molecular flexibility index (Phi) is 4.56. The van der Waals surface area contributed by atoms with Crippen LogP contribution in [-0.4, -0.2) is 16.5 Å². The van der Waals surface area contributed by atoms with E-state index in [-0.39, 0.29) is 0 Å². The molecule has 1 heterocycles. The van der Waals surface area contributed by atoms with Crippen molar-refractivity contribution >= 4 is 0 Å². The van der Waals surface area contributed by atoms with Gasteiger partial charge in [0.25, 0.3) is 0 Å². The van der Waals surface area contributed by atoms with Crippen LogP contribution in [0, 0.1) is 11.3 Å². The molecule has 2 aromatic carbocycles. The lowest BCUT2D eigenvalue weighted by atomic mass is 10.2. The number of hydrogen-bond acceptors (Lipinski definition) is 2. The van der Waals surface area contributed by atoms with Crippen LogP contribution in [0.15, 0.2) is 72.9 Å². The maximum atomic E-state index is 8.91. The largest absolute Gasteiger partial charge is 0.320 e. The van der Waals surface area contributed by atoms with Gasteiger partial charge in [0.15, 0.2) is 0 Å². The van der Waals surface area contributed by atoms with E-state index in [1.165, 1.54) is 11.3 Å². The molecule has 3 nitrogen and oxygen atoms in total. The van der Waals surface area contributed by atoms with Crippen molar-refractivity contribution in [1.82, 2.24) is 9.47 Å². The standard InChI is InChI=1S/C20H19N3/c1-22(15-18-6-3-2-4-7-18)16-20-8-5-13-23(20)19-11-9-17(14-21)10-12-19/h2-13H,15-16H2,1H3. The van der Waals surface area contributed by atoms with Gasteiger partial charge < -0.3 is 4.57 Å². The molecule has 23 heavy (non-hydrogen) atoms. The number of nitriles is 1. The maximum Gasteiger partial charge on any atom is 0.0991 e. The molecule has 0 saturated carbocycles. The number of benzene rings is 2. The highest BCUT2D eigenvalue weighted by atomic mass is 15.1. The molecule has 0 saturated heterocycles. The van der Waals surface area contributed by atoms with Gasteiger partial charge in [-0.25, -0.2) is 0 Å². The van der Waals surface area contributed by atoms with E-state index < -0.39 is 0 Å². The Labute approximate surface area is 137 Å². The third-order valence-electron chi connectivity index (χ3n) is 3.83. The Morgan fingerprint density at radius 3 is 2.35 bits per heavy atom. The molecular weight excluding hydrogens is 282 g/mol. The summed E-state index contributed by atoms with van der Waals surface area (Å²) in [6, 6.07) is 24.5. The van der Waals surface area contributed by atoms with Gasteiger partial charge in [0.2, 0.25) is 0 Å². The fourth-order valence-electron chi connectivity index (χ4n) is 2.72. The highest BCUT2D eigenvalue weighted by molar-refractivity contribution is 5.41. The molecule has 3 aromatic rings. The Hall–Kier alpha value is -2.83. The third kappa shape index (κ3) is 3.68. The van der Waals surface area contributed by atoms with Crippen molar-refractivity contribution in [2.45, 2.75) is 13.1 Å². The summed E-state index contributed by atoms with van der Waals surface area (Å²) in [5.74, 6) is 0. The van der Waals surface area contributed by atoms with Crippen molar-refractivity contribution in [3.63, 3.8) is 0 Å². The normalized spacial score (nSPS) is 10.7. The third-order valence-corrected chi connectivity index (χ3v) is 3.83. The van der Waals surface area contributed by atoms with Crippen LogP contribution in [-0.2, 0) is 13.1 Å². The molecule has 0 aliphatic heterocycles. The second-order valence-electron chi connectivity index (χ2n) is 5.69. The summed E-state index contributed by atoms with van der Waals surface area (Å²) in [5, 5.41) is 8.91. The Morgan fingerprint density at radius 2 is 1.65 bits per heavy atom. The summed E-state index contributed by atoms with van der Waals surface area (Å²) in [6.07, 6.45) is 2.06. The summed E-state index contributed by atoms with van der Waals surface area (Å²) >= 11 is 0. The lowest BCUT2D eigenvalue weighted by Crippen LogP contribution is -2.19. The van der Waals surface area contributed by atoms with Crippen molar-refractivity contribution in [3.8, 4) is 11.8 Å². The monoisotopic (exact) mass is 301 g/mol. The van der Waals surface area contributed by atoms with E-state index in [2.05, 4.69) is 65.2 Å². The summed E-state index contributed by atoms with van der Waals surface area (Å²) in [7, 11) is 2.13. The number of nitrogens with zero attached hydrogens (tertiary/aromatic N) is 3. The van der Waals surface area contributed by atoms with E-state index in [0.29, 0.717) is 5.56 Å². The lowest BCUT2D eigenvalue weighted by molar-refractivity contribution is 0.313. The number of hydrogen-bond donors (Lipinski definition) is 0. The summed E-state index contributed by atoms with van der Waals surface area (Å²) in [6.45, 7) is 1.78. The van der Waals surface area contributed by atoms with E-state index in [4.69, 9.17) is 5.26 Å². The van der Waals surface area contributed by atoms with Crippen molar-refractivity contribution in [2.75, 3.05) is 7.05 Å². The van der Waals surface area contributed by atoms with Crippen LogP contribution < -0.4 is 0 Å². The molecular formula is C20H19N3. The van der Waals surface area contributed by atoms with Crippen molar-refractivity contribution < 1.29 is 0 Å². The Morgan fingerprint density at radius 1 is 0.913 bits per heavy atom. The topological polar surface area (TPSA) is 32.0 Å². The quantitative estimate of drug-likeness (QED) is 0.714. The van der Waals surface area contributed by atoms with Gasteiger partial charge in [-0.2, -0.15) is 5.26 Å². The first-order valence-corrected chi connectivity index (χ1v) is 7.65. The van der Waals surface area contributed by atoms with Gasteiger partial charge in [0.05, 0.1) is 11.6 Å². The van der Waals surface area contributed by atoms with Crippen LogP contribution in [0.5, 0.6) is 0 Å². The first-order valence-electron chi connectivity index (χ1n) is 7.65. The molecule has 3 rings (SSSR count). The minimum Gasteiger partial charge on any atom is -0.320 e. The first kappa shape index (κ1) is 15.1. The second-order valence-corrected chi connectivity index (χ2v) is 5.69. The molecule has 0 amide bonds.